The summed E-state index contributed by atoms with van der Waals surface area (Å²) in [6, 6.07) is 3.99. The third kappa shape index (κ3) is 3.63. The summed E-state index contributed by atoms with van der Waals surface area (Å²) in [7, 11) is 0. The van der Waals surface area contributed by atoms with Crippen molar-refractivity contribution in [2.24, 2.45) is 0 Å². The first kappa shape index (κ1) is 17.3. The highest BCUT2D eigenvalue weighted by molar-refractivity contribution is 9.10. The van der Waals surface area contributed by atoms with E-state index >= 15 is 0 Å². The average molecular weight is 390 g/mol. The summed E-state index contributed by atoms with van der Waals surface area (Å²) in [5, 5.41) is 8.85. The molecule has 0 saturated carbocycles. The molecule has 0 aromatic heterocycles. The van der Waals surface area contributed by atoms with Gasteiger partial charge in [0.2, 0.25) is 11.6 Å². The number of nitrogens with zero attached hydrogens (tertiary/aromatic N) is 1. The van der Waals surface area contributed by atoms with Crippen LogP contribution in [0.1, 0.15) is 17.5 Å². The van der Waals surface area contributed by atoms with E-state index in [1.165, 1.54) is 16.7 Å². The van der Waals surface area contributed by atoms with Gasteiger partial charge in [-0.3, -0.25) is 4.79 Å². The molecule has 0 aliphatic carbocycles. The number of rotatable bonds is 4. The van der Waals surface area contributed by atoms with Crippen molar-refractivity contribution in [2.45, 2.75) is 30.8 Å². The lowest BCUT2D eigenvalue weighted by Crippen LogP contribution is -2.39. The molecule has 7 heteroatoms. The van der Waals surface area contributed by atoms with E-state index < -0.39 is 11.6 Å². The molecule has 1 N–H and O–H groups in total. The average Bonchev–Trinajstić information content (AvgIpc) is 2.85. The van der Waals surface area contributed by atoms with Crippen molar-refractivity contribution in [1.82, 2.24) is 4.90 Å². The molecular formula is C15H17BrFNO3S. The first-order chi connectivity index (χ1) is 10.2. The number of hydrogen-bond donors (Lipinski definition) is 1. The number of carboxylic acid groups (broad SMARTS) is 1. The van der Waals surface area contributed by atoms with Crippen LogP contribution in [0.25, 0.3) is 0 Å². The molecule has 4 nitrogen and oxygen atoms in total. The lowest BCUT2D eigenvalue weighted by atomic mass is 10.1. The van der Waals surface area contributed by atoms with Crippen LogP contribution in [-0.2, 0) is 9.59 Å². The number of aliphatic carboxylic acids is 1. The Hall–Kier alpha value is -1.08. The van der Waals surface area contributed by atoms with Crippen LogP contribution >= 0.6 is 27.7 Å². The molecular weight excluding hydrogens is 373 g/mol. The maximum atomic E-state index is 14.0. The predicted octanol–water partition coefficient (Wildman–Crippen LogP) is 3.18. The van der Waals surface area contributed by atoms with Crippen LogP contribution in [0.5, 0.6) is 0 Å². The van der Waals surface area contributed by atoms with E-state index in [0.717, 1.165) is 20.5 Å². The van der Waals surface area contributed by atoms with Crippen LogP contribution in [0.4, 0.5) is 4.39 Å². The van der Waals surface area contributed by atoms with Gasteiger partial charge in [-0.05, 0) is 37.1 Å². The Labute approximate surface area is 141 Å². The molecule has 120 valence electrons. The van der Waals surface area contributed by atoms with Crippen LogP contribution in [-0.4, -0.2) is 46.4 Å². The lowest BCUT2D eigenvalue weighted by Gasteiger charge is -2.18. The Kier molecular flexibility index (Phi) is 5.17. The van der Waals surface area contributed by atoms with E-state index in [1.807, 2.05) is 26.0 Å². The minimum atomic E-state index is -2.30. The zero-order chi connectivity index (χ0) is 16.5. The zero-order valence-electron chi connectivity index (χ0n) is 12.4. The van der Waals surface area contributed by atoms with Gasteiger partial charge in [-0.1, -0.05) is 15.9 Å². The van der Waals surface area contributed by atoms with Crippen LogP contribution in [0.15, 0.2) is 21.5 Å². The summed E-state index contributed by atoms with van der Waals surface area (Å²) < 4.78 is 15.0. The third-order valence-corrected chi connectivity index (χ3v) is 5.76. The van der Waals surface area contributed by atoms with Gasteiger partial charge in [0.25, 0.3) is 0 Å². The number of benzene rings is 1. The molecule has 1 aliphatic heterocycles. The van der Waals surface area contributed by atoms with Crippen molar-refractivity contribution in [3.05, 3.63) is 27.7 Å². The molecule has 2 rings (SSSR count). The summed E-state index contributed by atoms with van der Waals surface area (Å²) in [6.45, 7) is 3.73. The molecule has 1 unspecified atom stereocenters. The van der Waals surface area contributed by atoms with Gasteiger partial charge in [-0.2, -0.15) is 0 Å². The van der Waals surface area contributed by atoms with E-state index in [1.54, 1.807) is 0 Å². The van der Waals surface area contributed by atoms with E-state index in [9.17, 15) is 14.0 Å². The maximum Gasteiger partial charge on any atom is 0.343 e. The van der Waals surface area contributed by atoms with E-state index in [0.29, 0.717) is 0 Å². The number of carbonyl (C=O) groups is 2. The number of thioether (sulfide) groups is 1. The van der Waals surface area contributed by atoms with Crippen LogP contribution in [0.2, 0.25) is 0 Å². The molecule has 1 aliphatic rings. The van der Waals surface area contributed by atoms with Crippen LogP contribution < -0.4 is 0 Å². The molecule has 22 heavy (non-hydrogen) atoms. The number of halogens is 2. The predicted molar refractivity (Wildman–Crippen MR) is 87.0 cm³/mol. The molecule has 1 fully saturated rings. The second kappa shape index (κ2) is 6.58. The minimum Gasteiger partial charge on any atom is -0.479 e. The van der Waals surface area contributed by atoms with Crippen molar-refractivity contribution in [3.63, 3.8) is 0 Å². The fraction of sp³-hybridized carbons (Fsp3) is 0.467. The minimum absolute atomic E-state index is 0.144. The molecule has 1 saturated heterocycles. The number of likely N-dealkylation sites (tertiary alicyclic amines) is 1. The monoisotopic (exact) mass is 389 g/mol. The van der Waals surface area contributed by atoms with Crippen LogP contribution in [0.3, 0.4) is 0 Å². The van der Waals surface area contributed by atoms with Crippen molar-refractivity contribution in [2.75, 3.05) is 18.8 Å². The fourth-order valence-corrected chi connectivity index (χ4v) is 3.77. The first-order valence-electron chi connectivity index (χ1n) is 6.82. The molecule has 0 radical (unpaired) electrons. The SMILES string of the molecule is Cc1cc(SCC(=O)N2CCC(F)(C(=O)O)C2)c(C)cc1Br. The largest absolute Gasteiger partial charge is 0.479 e. The van der Waals surface area contributed by atoms with Gasteiger partial charge in [0.15, 0.2) is 0 Å². The second-order valence-electron chi connectivity index (χ2n) is 5.49. The summed E-state index contributed by atoms with van der Waals surface area (Å²) in [5.74, 6) is -1.54. The van der Waals surface area contributed by atoms with E-state index in [4.69, 9.17) is 5.11 Å². The Morgan fingerprint density at radius 3 is 2.68 bits per heavy atom. The number of amides is 1. The highest BCUT2D eigenvalue weighted by Crippen LogP contribution is 2.30. The lowest BCUT2D eigenvalue weighted by molar-refractivity contribution is -0.150. The highest BCUT2D eigenvalue weighted by Gasteiger charge is 2.46. The smallest absolute Gasteiger partial charge is 0.343 e. The first-order valence-corrected chi connectivity index (χ1v) is 8.60. The Morgan fingerprint density at radius 1 is 1.41 bits per heavy atom. The maximum absolute atomic E-state index is 14.0. The fourth-order valence-electron chi connectivity index (χ4n) is 2.30. The van der Waals surface area contributed by atoms with Gasteiger partial charge in [0, 0.05) is 22.3 Å². The Balaban J connectivity index is 1.97. The molecule has 0 spiro atoms. The van der Waals surface area contributed by atoms with Crippen molar-refractivity contribution in [1.29, 1.82) is 0 Å². The number of aryl methyl sites for hydroxylation is 2. The van der Waals surface area contributed by atoms with E-state index in [-0.39, 0.29) is 31.2 Å². The van der Waals surface area contributed by atoms with E-state index in [2.05, 4.69) is 15.9 Å². The van der Waals surface area contributed by atoms with Gasteiger partial charge in [-0.25, -0.2) is 9.18 Å². The zero-order valence-corrected chi connectivity index (χ0v) is 14.8. The molecule has 1 aromatic rings. The topological polar surface area (TPSA) is 57.6 Å². The summed E-state index contributed by atoms with van der Waals surface area (Å²) in [6.07, 6.45) is -0.144. The van der Waals surface area contributed by atoms with Gasteiger partial charge >= 0.3 is 5.97 Å². The van der Waals surface area contributed by atoms with Crippen molar-refractivity contribution < 1.29 is 19.1 Å². The highest BCUT2D eigenvalue weighted by atomic mass is 79.9. The molecule has 0 bridgehead atoms. The second-order valence-corrected chi connectivity index (χ2v) is 7.36. The number of alkyl halides is 1. The normalized spacial score (nSPS) is 21.2. The Morgan fingerprint density at radius 2 is 2.09 bits per heavy atom. The standard InChI is InChI=1S/C15H17BrFNO3S/c1-9-6-12(10(2)5-11(9)16)22-7-13(19)18-4-3-15(17,8-18)14(20)21/h5-6H,3-4,7-8H2,1-2H3,(H,20,21). The number of carbonyl (C=O) groups excluding carboxylic acids is 1. The van der Waals surface area contributed by atoms with Gasteiger partial charge in [0.1, 0.15) is 0 Å². The number of carboxylic acids is 1. The quantitative estimate of drug-likeness (QED) is 0.803. The molecule has 1 amide bonds. The summed E-state index contributed by atoms with van der Waals surface area (Å²) in [5.41, 5.74) is -0.165. The van der Waals surface area contributed by atoms with Gasteiger partial charge < -0.3 is 10.0 Å². The summed E-state index contributed by atoms with van der Waals surface area (Å²) in [4.78, 5) is 25.3. The van der Waals surface area contributed by atoms with Crippen LogP contribution in [0, 0.1) is 13.8 Å². The summed E-state index contributed by atoms with van der Waals surface area (Å²) >= 11 is 4.85. The van der Waals surface area contributed by atoms with Crippen molar-refractivity contribution in [3.8, 4) is 0 Å². The molecule has 1 aromatic carbocycles. The molecule has 1 atom stereocenters. The van der Waals surface area contributed by atoms with Gasteiger partial charge in [-0.15, -0.1) is 11.8 Å². The Bertz CT molecular complexity index is 625. The third-order valence-electron chi connectivity index (χ3n) is 3.76. The van der Waals surface area contributed by atoms with Gasteiger partial charge in [0.05, 0.1) is 12.3 Å². The number of hydrogen-bond acceptors (Lipinski definition) is 3. The molecule has 1 heterocycles. The van der Waals surface area contributed by atoms with Crippen molar-refractivity contribution >= 4 is 39.6 Å².